The molecule has 0 radical (unpaired) electrons. The van der Waals surface area contributed by atoms with Crippen LogP contribution in [0.15, 0.2) is 133 Å². The van der Waals surface area contributed by atoms with Gasteiger partial charge in [-0.2, -0.15) is 0 Å². The Morgan fingerprint density at radius 3 is 0.872 bits per heavy atom. The van der Waals surface area contributed by atoms with E-state index in [0.29, 0.717) is 18.4 Å². The van der Waals surface area contributed by atoms with Gasteiger partial charge in [0.1, 0.15) is 47.3 Å². The molecule has 0 aliphatic rings. The molecule has 94 heavy (non-hydrogen) atoms. The van der Waals surface area contributed by atoms with Crippen molar-refractivity contribution in [1.29, 1.82) is 0 Å². The summed E-state index contributed by atoms with van der Waals surface area (Å²) in [6, 6.07) is 21.4. The standard InChI is InChI=1S/C18H18F2N2O4.C18H19FN2O4.C15H20F2N2O3.C15H21FN2O3/c19-13-6-3-11(7-14(13)20)9-16(18(25)26)22-17(24)15(21)8-10-1-4-12(23)5-2-10;19-14-4-2-1-3-12(14)10-16(18(24)25)21-17(23)15(20)9-11-5-7-13(22)8-6-11;1-8(2)5-12(18)14(20)19-13(15(21)22)7-9-3-4-10(16)11(17)6-9;1-9(2)7-12(17)14(19)18-13(15(20)21)8-10-5-3-4-6-11(10)16/h1-7,15-16,23H,8-9,21H2,(H,22,24)(H,25,26);1-8,15-16,22H,9-10,20H2,(H,21,23)(H,24,25);3-4,6,8,12-13H,5,7,18H2,1-2H3,(H,19,20)(H,21,22);3-6,9,12-13H,7-8,17H2,1-2H3,(H,18,19)(H,20,21)/t2*15-,16?;2*12-,13?/m0000/s1. The van der Waals surface area contributed by atoms with Gasteiger partial charge in [0.2, 0.25) is 23.6 Å². The van der Waals surface area contributed by atoms with Gasteiger partial charge < -0.3 is 74.8 Å². The molecule has 28 heteroatoms. The smallest absolute Gasteiger partial charge is 0.326 e. The highest BCUT2D eigenvalue weighted by atomic mass is 19.2. The molecule has 8 atom stereocenters. The molecule has 0 saturated carbocycles. The maximum atomic E-state index is 13.7. The second-order valence-electron chi connectivity index (χ2n) is 22.5. The van der Waals surface area contributed by atoms with Crippen LogP contribution in [0.5, 0.6) is 11.5 Å². The van der Waals surface area contributed by atoms with Crippen molar-refractivity contribution < 1.29 is 95.3 Å². The molecular weight excluding hydrogens is 1240 g/mol. The van der Waals surface area contributed by atoms with Crippen molar-refractivity contribution in [3.05, 3.63) is 202 Å². The van der Waals surface area contributed by atoms with Crippen molar-refractivity contribution in [2.24, 2.45) is 34.8 Å². The molecule has 0 spiro atoms. The van der Waals surface area contributed by atoms with Crippen LogP contribution in [0, 0.1) is 46.7 Å². The Labute approximate surface area is 537 Å². The summed E-state index contributed by atoms with van der Waals surface area (Å²) in [5.74, 6) is -12.2. The summed E-state index contributed by atoms with van der Waals surface area (Å²) in [4.78, 5) is 93.2. The van der Waals surface area contributed by atoms with Gasteiger partial charge in [-0.05, 0) is 132 Å². The van der Waals surface area contributed by atoms with Gasteiger partial charge in [-0.25, -0.2) is 45.5 Å². The average Bonchev–Trinajstić information content (AvgIpc) is 1.08. The molecule has 0 fully saturated rings. The quantitative estimate of drug-likeness (QED) is 0.0276. The Bertz CT molecular complexity index is 3500. The zero-order valence-electron chi connectivity index (χ0n) is 51.7. The van der Waals surface area contributed by atoms with Gasteiger partial charge in [-0.1, -0.05) is 100 Å². The zero-order valence-corrected chi connectivity index (χ0v) is 51.7. The number of phenols is 2. The van der Waals surface area contributed by atoms with E-state index < -0.39 is 131 Å². The lowest BCUT2D eigenvalue weighted by Crippen LogP contribution is -2.50. The number of carboxylic acid groups (broad SMARTS) is 4. The summed E-state index contributed by atoms with van der Waals surface area (Å²) >= 11 is 0. The predicted molar refractivity (Wildman–Crippen MR) is 333 cm³/mol. The lowest BCUT2D eigenvalue weighted by atomic mass is 10.0. The molecule has 0 aliphatic heterocycles. The number of hydrogen-bond acceptors (Lipinski definition) is 14. The molecule has 6 aromatic rings. The van der Waals surface area contributed by atoms with Crippen LogP contribution in [0.3, 0.4) is 0 Å². The van der Waals surface area contributed by atoms with Crippen LogP contribution < -0.4 is 44.2 Å². The molecule has 6 aromatic carbocycles. The monoisotopic (exact) mass is 1320 g/mol. The molecule has 508 valence electrons. The van der Waals surface area contributed by atoms with E-state index in [1.807, 2.05) is 27.7 Å². The number of nitrogens with one attached hydrogen (secondary N) is 4. The number of carboxylic acids is 4. The number of rotatable bonds is 28. The number of hydrogen-bond donors (Lipinski definition) is 14. The minimum absolute atomic E-state index is 0.0734. The third kappa shape index (κ3) is 28.3. The van der Waals surface area contributed by atoms with Gasteiger partial charge >= 0.3 is 23.9 Å². The van der Waals surface area contributed by atoms with E-state index in [1.165, 1.54) is 72.8 Å². The van der Waals surface area contributed by atoms with Crippen molar-refractivity contribution in [1.82, 2.24) is 21.3 Å². The summed E-state index contributed by atoms with van der Waals surface area (Å²) in [5, 5.41) is 64.6. The van der Waals surface area contributed by atoms with Crippen LogP contribution in [-0.2, 0) is 76.9 Å². The average molecular weight is 1320 g/mol. The Morgan fingerprint density at radius 2 is 0.606 bits per heavy atom. The van der Waals surface area contributed by atoms with E-state index in [9.17, 15) is 85.1 Å². The summed E-state index contributed by atoms with van der Waals surface area (Å²) in [6.07, 6.45) is 0.516. The van der Waals surface area contributed by atoms with Gasteiger partial charge in [0.15, 0.2) is 23.3 Å². The van der Waals surface area contributed by atoms with Gasteiger partial charge in [0.25, 0.3) is 0 Å². The minimum atomic E-state index is -1.33. The second kappa shape index (κ2) is 38.8. The Morgan fingerprint density at radius 1 is 0.340 bits per heavy atom. The number of halogens is 6. The van der Waals surface area contributed by atoms with E-state index in [2.05, 4.69) is 21.3 Å². The molecule has 4 amide bonds. The Kier molecular flexibility index (Phi) is 32.4. The van der Waals surface area contributed by atoms with Gasteiger partial charge in [-0.3, -0.25) is 19.2 Å². The Balaban J connectivity index is 0.000000328. The summed E-state index contributed by atoms with van der Waals surface area (Å²) < 4.78 is 79.4. The van der Waals surface area contributed by atoms with E-state index in [1.54, 1.807) is 36.4 Å². The first kappa shape index (κ1) is 78.3. The number of amides is 4. The molecule has 0 saturated heterocycles. The lowest BCUT2D eigenvalue weighted by Gasteiger charge is -2.19. The molecule has 4 unspecified atom stereocenters. The highest BCUT2D eigenvalue weighted by molar-refractivity contribution is 5.89. The second-order valence-corrected chi connectivity index (χ2v) is 22.5. The number of carbonyl (C=O) groups is 8. The fourth-order valence-electron chi connectivity index (χ4n) is 8.67. The molecule has 0 aliphatic carbocycles. The van der Waals surface area contributed by atoms with Crippen molar-refractivity contribution in [3.63, 3.8) is 0 Å². The van der Waals surface area contributed by atoms with Crippen molar-refractivity contribution in [2.45, 2.75) is 127 Å². The number of aromatic hydroxyl groups is 2. The first-order valence-electron chi connectivity index (χ1n) is 29.2. The normalized spacial score (nSPS) is 13.4. The van der Waals surface area contributed by atoms with Crippen molar-refractivity contribution in [3.8, 4) is 11.5 Å². The largest absolute Gasteiger partial charge is 0.508 e. The number of benzene rings is 6. The van der Waals surface area contributed by atoms with Gasteiger partial charge in [0, 0.05) is 25.7 Å². The van der Waals surface area contributed by atoms with Gasteiger partial charge in [-0.15, -0.1) is 0 Å². The number of phenolic OH excluding ortho intramolecular Hbond substituents is 2. The molecule has 0 aromatic heterocycles. The number of aliphatic carboxylic acids is 4. The summed E-state index contributed by atoms with van der Waals surface area (Å²) in [5.41, 5.74) is 25.4. The fourth-order valence-corrected chi connectivity index (χ4v) is 8.67. The maximum absolute atomic E-state index is 13.7. The van der Waals surface area contributed by atoms with Crippen LogP contribution in [0.4, 0.5) is 26.3 Å². The van der Waals surface area contributed by atoms with E-state index in [4.69, 9.17) is 33.1 Å². The lowest BCUT2D eigenvalue weighted by molar-refractivity contribution is -0.142. The first-order chi connectivity index (χ1) is 44.1. The van der Waals surface area contributed by atoms with Crippen molar-refractivity contribution in [2.75, 3.05) is 0 Å². The van der Waals surface area contributed by atoms with Crippen LogP contribution in [0.25, 0.3) is 0 Å². The van der Waals surface area contributed by atoms with E-state index >= 15 is 0 Å². The topological polar surface area (TPSA) is 410 Å². The maximum Gasteiger partial charge on any atom is 0.326 e. The van der Waals surface area contributed by atoms with Crippen LogP contribution >= 0.6 is 0 Å². The van der Waals surface area contributed by atoms with Crippen LogP contribution in [0.1, 0.15) is 73.9 Å². The molecular formula is C66H78F6N8O14. The fraction of sp³-hybridized carbons (Fsp3) is 0.333. The third-order valence-electron chi connectivity index (χ3n) is 13.7. The zero-order chi connectivity index (χ0) is 70.5. The molecule has 22 nitrogen and oxygen atoms in total. The third-order valence-corrected chi connectivity index (χ3v) is 13.7. The first-order valence-corrected chi connectivity index (χ1v) is 29.2. The molecule has 6 rings (SSSR count). The highest BCUT2D eigenvalue weighted by Gasteiger charge is 2.29. The highest BCUT2D eigenvalue weighted by Crippen LogP contribution is 2.17. The molecule has 0 heterocycles. The predicted octanol–water partition coefficient (Wildman–Crippen LogP) is 5.33. The van der Waals surface area contributed by atoms with Crippen LogP contribution in [0.2, 0.25) is 0 Å². The van der Waals surface area contributed by atoms with E-state index in [0.717, 1.165) is 29.8 Å². The minimum Gasteiger partial charge on any atom is -0.508 e. The SMILES string of the molecule is CC(C)C[C@H](N)C(=O)NC(Cc1ccc(F)c(F)c1)C(=O)O.CC(C)C[C@H](N)C(=O)NC(Cc1ccccc1F)C(=O)O.N[C@@H](Cc1ccc(O)cc1)C(=O)NC(Cc1ccc(F)c(F)c1)C(=O)O.N[C@@H](Cc1ccc(O)cc1)C(=O)NC(Cc1ccccc1F)C(=O)O. The molecule has 0 bridgehead atoms. The van der Waals surface area contributed by atoms with Gasteiger partial charge in [0.05, 0.1) is 24.2 Å². The molecule has 18 N–H and O–H groups in total. The summed E-state index contributed by atoms with van der Waals surface area (Å²) in [7, 11) is 0. The summed E-state index contributed by atoms with van der Waals surface area (Å²) in [6.45, 7) is 7.62. The number of carbonyl (C=O) groups excluding carboxylic acids is 4. The number of nitrogens with two attached hydrogens (primary N) is 4. The Hall–Kier alpha value is -9.90. The van der Waals surface area contributed by atoms with E-state index in [-0.39, 0.29) is 84.1 Å². The van der Waals surface area contributed by atoms with Crippen LogP contribution in [-0.4, -0.2) is 126 Å². The van der Waals surface area contributed by atoms with Crippen molar-refractivity contribution >= 4 is 47.5 Å².